The number of nitrogens with zero attached hydrogens (tertiary/aromatic N) is 2. The van der Waals surface area contributed by atoms with E-state index in [2.05, 4.69) is 10.2 Å². The zero-order chi connectivity index (χ0) is 18.1. The molecule has 0 radical (unpaired) electrons. The summed E-state index contributed by atoms with van der Waals surface area (Å²) in [4.78, 5) is 14.4. The van der Waals surface area contributed by atoms with Gasteiger partial charge in [0.2, 0.25) is 5.91 Å². The van der Waals surface area contributed by atoms with Crippen LogP contribution in [0.1, 0.15) is 50.0 Å². The highest BCUT2D eigenvalue weighted by molar-refractivity contribution is 5.79. The minimum absolute atomic E-state index is 0.0458. The Bertz CT molecular complexity index is 777. The maximum absolute atomic E-state index is 14.7. The molecular formula is C20H23F2N3O. The lowest BCUT2D eigenvalue weighted by Gasteiger charge is -2.34. The molecule has 26 heavy (non-hydrogen) atoms. The molecule has 0 spiro atoms. The van der Waals surface area contributed by atoms with Gasteiger partial charge in [-0.2, -0.15) is 5.10 Å². The molecule has 0 atom stereocenters. The van der Waals surface area contributed by atoms with Crippen LogP contribution in [0.3, 0.4) is 0 Å². The molecule has 1 saturated carbocycles. The number of nitrogens with one attached hydrogen (secondary N) is 1. The Morgan fingerprint density at radius 1 is 1.08 bits per heavy atom. The van der Waals surface area contributed by atoms with Crippen molar-refractivity contribution in [2.75, 3.05) is 13.1 Å². The van der Waals surface area contributed by atoms with Gasteiger partial charge in [-0.05, 0) is 37.2 Å². The van der Waals surface area contributed by atoms with Crippen molar-refractivity contribution in [2.45, 2.75) is 44.4 Å². The van der Waals surface area contributed by atoms with Crippen LogP contribution in [0, 0.1) is 17.6 Å². The number of rotatable bonds is 3. The molecule has 1 aliphatic heterocycles. The maximum atomic E-state index is 14.7. The summed E-state index contributed by atoms with van der Waals surface area (Å²) in [5.41, 5.74) is 1.17. The van der Waals surface area contributed by atoms with Crippen molar-refractivity contribution < 1.29 is 13.6 Å². The molecular weight excluding hydrogens is 336 g/mol. The van der Waals surface area contributed by atoms with Crippen molar-refractivity contribution in [3.63, 3.8) is 0 Å². The van der Waals surface area contributed by atoms with Crippen molar-refractivity contribution in [3.8, 4) is 11.1 Å². The van der Waals surface area contributed by atoms with Gasteiger partial charge in [-0.1, -0.05) is 25.0 Å². The number of aromatic amines is 1. The average Bonchev–Trinajstić information content (AvgIpc) is 3.37. The van der Waals surface area contributed by atoms with E-state index in [4.69, 9.17) is 0 Å². The van der Waals surface area contributed by atoms with Crippen LogP contribution in [-0.4, -0.2) is 34.1 Å². The highest BCUT2D eigenvalue weighted by Gasteiger charge is 2.31. The molecule has 138 valence electrons. The standard InChI is InChI=1S/C20H23F2N3O/c21-18-16(5-6-17(19(18)22)15-11-23-24-12-15)13-7-9-25(10-8-13)20(26)14-3-1-2-4-14/h5-6,11-14H,1-4,7-10H2,(H,23,24). The molecule has 2 aliphatic rings. The van der Waals surface area contributed by atoms with E-state index < -0.39 is 11.6 Å². The Labute approximate surface area is 151 Å². The fourth-order valence-corrected chi connectivity index (χ4v) is 4.34. The second-order valence-corrected chi connectivity index (χ2v) is 7.40. The fraction of sp³-hybridized carbons (Fsp3) is 0.500. The van der Waals surface area contributed by atoms with Gasteiger partial charge in [-0.15, -0.1) is 0 Å². The van der Waals surface area contributed by atoms with Crippen LogP contribution < -0.4 is 0 Å². The minimum Gasteiger partial charge on any atom is -0.342 e. The average molecular weight is 359 g/mol. The summed E-state index contributed by atoms with van der Waals surface area (Å²) in [5.74, 6) is -1.22. The van der Waals surface area contributed by atoms with Crippen molar-refractivity contribution in [2.24, 2.45) is 5.92 Å². The Balaban J connectivity index is 1.46. The van der Waals surface area contributed by atoms with E-state index in [0.717, 1.165) is 25.7 Å². The zero-order valence-electron chi connectivity index (χ0n) is 14.7. The number of H-pyrrole nitrogens is 1. The number of aromatic nitrogens is 2. The van der Waals surface area contributed by atoms with E-state index in [1.807, 2.05) is 4.90 Å². The molecule has 2 fully saturated rings. The van der Waals surface area contributed by atoms with Crippen LogP contribution >= 0.6 is 0 Å². The van der Waals surface area contributed by atoms with Crippen molar-refractivity contribution >= 4 is 5.91 Å². The van der Waals surface area contributed by atoms with E-state index in [-0.39, 0.29) is 23.3 Å². The first-order valence-corrected chi connectivity index (χ1v) is 9.41. The lowest BCUT2D eigenvalue weighted by molar-refractivity contribution is -0.136. The van der Waals surface area contributed by atoms with Crippen molar-refractivity contribution in [1.82, 2.24) is 15.1 Å². The van der Waals surface area contributed by atoms with Crippen LogP contribution in [0.4, 0.5) is 8.78 Å². The van der Waals surface area contributed by atoms with Crippen LogP contribution in [0.2, 0.25) is 0 Å². The Morgan fingerprint density at radius 2 is 1.81 bits per heavy atom. The highest BCUT2D eigenvalue weighted by atomic mass is 19.2. The van der Waals surface area contributed by atoms with Gasteiger partial charge in [0, 0.05) is 36.3 Å². The third-order valence-corrected chi connectivity index (χ3v) is 5.87. The molecule has 6 heteroatoms. The number of likely N-dealkylation sites (tertiary alicyclic amines) is 1. The van der Waals surface area contributed by atoms with Crippen molar-refractivity contribution in [1.29, 1.82) is 0 Å². The van der Waals surface area contributed by atoms with Gasteiger partial charge in [0.05, 0.1) is 6.20 Å². The minimum atomic E-state index is -0.826. The van der Waals surface area contributed by atoms with Crippen LogP contribution in [-0.2, 0) is 4.79 Å². The molecule has 1 N–H and O–H groups in total. The largest absolute Gasteiger partial charge is 0.342 e. The molecule has 2 heterocycles. The Hall–Kier alpha value is -2.24. The molecule has 1 aromatic carbocycles. The zero-order valence-corrected chi connectivity index (χ0v) is 14.7. The van der Waals surface area contributed by atoms with Crippen LogP contribution in [0.25, 0.3) is 11.1 Å². The first-order valence-electron chi connectivity index (χ1n) is 9.41. The molecule has 0 unspecified atom stereocenters. The Morgan fingerprint density at radius 3 is 2.46 bits per heavy atom. The Kier molecular flexibility index (Phi) is 4.74. The first-order chi connectivity index (χ1) is 12.6. The third-order valence-electron chi connectivity index (χ3n) is 5.87. The summed E-state index contributed by atoms with van der Waals surface area (Å²) in [5, 5.41) is 6.40. The normalized spacial score (nSPS) is 19.2. The third kappa shape index (κ3) is 3.13. The van der Waals surface area contributed by atoms with Gasteiger partial charge >= 0.3 is 0 Å². The smallest absolute Gasteiger partial charge is 0.225 e. The van der Waals surface area contributed by atoms with Gasteiger partial charge < -0.3 is 4.90 Å². The number of carbonyl (C=O) groups excluding carboxylic acids is 1. The van der Waals surface area contributed by atoms with E-state index in [0.29, 0.717) is 37.1 Å². The first kappa shape index (κ1) is 17.2. The van der Waals surface area contributed by atoms with E-state index in [1.165, 1.54) is 6.20 Å². The summed E-state index contributed by atoms with van der Waals surface area (Å²) in [6, 6.07) is 3.30. The van der Waals surface area contributed by atoms with Gasteiger partial charge in [-0.25, -0.2) is 8.78 Å². The fourth-order valence-electron chi connectivity index (χ4n) is 4.34. The predicted octanol–water partition coefficient (Wildman–Crippen LogP) is 4.25. The maximum Gasteiger partial charge on any atom is 0.225 e. The number of amides is 1. The molecule has 2 aromatic rings. The summed E-state index contributed by atoms with van der Waals surface area (Å²) < 4.78 is 29.2. The monoisotopic (exact) mass is 359 g/mol. The summed E-state index contributed by atoms with van der Waals surface area (Å²) in [6.07, 6.45) is 8.65. The number of piperidine rings is 1. The lowest BCUT2D eigenvalue weighted by atomic mass is 9.87. The van der Waals surface area contributed by atoms with Gasteiger partial charge in [0.25, 0.3) is 0 Å². The van der Waals surface area contributed by atoms with E-state index >= 15 is 0 Å². The molecule has 1 saturated heterocycles. The molecule has 4 nitrogen and oxygen atoms in total. The molecule has 4 rings (SSSR count). The van der Waals surface area contributed by atoms with Crippen molar-refractivity contribution in [3.05, 3.63) is 41.7 Å². The SMILES string of the molecule is O=C(C1CCCC1)N1CCC(c2ccc(-c3cn[nH]c3)c(F)c2F)CC1. The number of hydrogen-bond acceptors (Lipinski definition) is 2. The predicted molar refractivity (Wildman–Crippen MR) is 94.5 cm³/mol. The number of halogens is 2. The topological polar surface area (TPSA) is 49.0 Å². The molecule has 1 aliphatic carbocycles. The quantitative estimate of drug-likeness (QED) is 0.891. The molecule has 0 bridgehead atoms. The second kappa shape index (κ2) is 7.17. The number of carbonyl (C=O) groups is 1. The van der Waals surface area contributed by atoms with E-state index in [1.54, 1.807) is 18.3 Å². The molecule has 1 amide bonds. The second-order valence-electron chi connectivity index (χ2n) is 7.40. The molecule has 1 aromatic heterocycles. The summed E-state index contributed by atoms with van der Waals surface area (Å²) >= 11 is 0. The number of benzene rings is 1. The van der Waals surface area contributed by atoms with Crippen LogP contribution in [0.5, 0.6) is 0 Å². The summed E-state index contributed by atoms with van der Waals surface area (Å²) in [7, 11) is 0. The number of hydrogen-bond donors (Lipinski definition) is 1. The lowest BCUT2D eigenvalue weighted by Crippen LogP contribution is -2.40. The van der Waals surface area contributed by atoms with Gasteiger partial charge in [0.1, 0.15) is 0 Å². The summed E-state index contributed by atoms with van der Waals surface area (Å²) in [6.45, 7) is 1.26. The van der Waals surface area contributed by atoms with Gasteiger partial charge in [-0.3, -0.25) is 9.89 Å². The van der Waals surface area contributed by atoms with Crippen LogP contribution in [0.15, 0.2) is 24.5 Å². The van der Waals surface area contributed by atoms with E-state index in [9.17, 15) is 13.6 Å². The van der Waals surface area contributed by atoms with Gasteiger partial charge in [0.15, 0.2) is 11.6 Å². The highest BCUT2D eigenvalue weighted by Crippen LogP contribution is 2.35.